The van der Waals surface area contributed by atoms with Gasteiger partial charge in [-0.1, -0.05) is 13.3 Å². The Morgan fingerprint density at radius 2 is 2.33 bits per heavy atom. The fourth-order valence-electron chi connectivity index (χ4n) is 1.51. The van der Waals surface area contributed by atoms with Gasteiger partial charge in [0.05, 0.1) is 12.0 Å². The molecule has 0 aliphatic heterocycles. The van der Waals surface area contributed by atoms with Crippen LogP contribution in [-0.4, -0.2) is 12.5 Å². The summed E-state index contributed by atoms with van der Waals surface area (Å²) < 4.78 is 0. The van der Waals surface area contributed by atoms with Crippen LogP contribution in [0.2, 0.25) is 0 Å². The Bertz CT molecular complexity index is 197. The number of fused-ring (bicyclic) bond motifs is 1. The molecule has 2 aliphatic rings. The van der Waals surface area contributed by atoms with Crippen molar-refractivity contribution < 1.29 is 9.63 Å². The molecule has 0 saturated heterocycles. The average Bonchev–Trinajstić information content (AvgIpc) is 2.83. The van der Waals surface area contributed by atoms with E-state index in [1.165, 1.54) is 0 Å². The number of unbranched alkanes of at least 4 members (excludes halogenated alkanes) is 1. The maximum atomic E-state index is 11.3. The monoisotopic (exact) mass is 169 g/mol. The molecule has 0 unspecified atom stereocenters. The number of carbonyl (C=O) groups is 1. The smallest absolute Gasteiger partial charge is 0.250 e. The Morgan fingerprint density at radius 3 is 2.83 bits per heavy atom. The van der Waals surface area contributed by atoms with Crippen molar-refractivity contribution in [1.82, 2.24) is 5.48 Å². The zero-order valence-electron chi connectivity index (χ0n) is 7.43. The van der Waals surface area contributed by atoms with Gasteiger partial charge in [0.2, 0.25) is 5.91 Å². The van der Waals surface area contributed by atoms with E-state index in [0.717, 1.165) is 25.7 Å². The largest absolute Gasteiger partial charge is 0.274 e. The van der Waals surface area contributed by atoms with Crippen LogP contribution in [0.5, 0.6) is 0 Å². The van der Waals surface area contributed by atoms with Crippen LogP contribution in [0.4, 0.5) is 0 Å². The van der Waals surface area contributed by atoms with Gasteiger partial charge >= 0.3 is 0 Å². The highest BCUT2D eigenvalue weighted by molar-refractivity contribution is 5.89. The van der Waals surface area contributed by atoms with Crippen molar-refractivity contribution in [3.05, 3.63) is 0 Å². The SMILES string of the molecule is CCCCONC(=O)C12CC1C2. The van der Waals surface area contributed by atoms with Crippen molar-refractivity contribution >= 4 is 5.91 Å². The lowest BCUT2D eigenvalue weighted by Crippen LogP contribution is -2.28. The molecule has 1 amide bonds. The third kappa shape index (κ3) is 1.22. The van der Waals surface area contributed by atoms with Crippen molar-refractivity contribution in [2.45, 2.75) is 32.6 Å². The number of carbonyl (C=O) groups excluding carboxylic acids is 1. The lowest BCUT2D eigenvalue weighted by Gasteiger charge is -2.05. The molecule has 0 bridgehead atoms. The fourth-order valence-corrected chi connectivity index (χ4v) is 1.51. The van der Waals surface area contributed by atoms with Gasteiger partial charge in [0, 0.05) is 0 Å². The van der Waals surface area contributed by atoms with Gasteiger partial charge in [-0.25, -0.2) is 5.48 Å². The van der Waals surface area contributed by atoms with E-state index in [1.807, 2.05) is 0 Å². The van der Waals surface area contributed by atoms with E-state index in [-0.39, 0.29) is 11.3 Å². The van der Waals surface area contributed by atoms with Crippen LogP contribution in [0.3, 0.4) is 0 Å². The van der Waals surface area contributed by atoms with Crippen molar-refractivity contribution in [3.8, 4) is 0 Å². The van der Waals surface area contributed by atoms with E-state index in [0.29, 0.717) is 12.5 Å². The molecule has 2 aliphatic carbocycles. The molecule has 0 spiro atoms. The van der Waals surface area contributed by atoms with Crippen LogP contribution < -0.4 is 5.48 Å². The van der Waals surface area contributed by atoms with Crippen molar-refractivity contribution in [1.29, 1.82) is 0 Å². The molecule has 3 nitrogen and oxygen atoms in total. The predicted molar refractivity (Wildman–Crippen MR) is 44.2 cm³/mol. The normalized spacial score (nSPS) is 35.6. The van der Waals surface area contributed by atoms with E-state index in [9.17, 15) is 4.79 Å². The summed E-state index contributed by atoms with van der Waals surface area (Å²) in [5, 5.41) is 0. The minimum absolute atomic E-state index is 0.0478. The lowest BCUT2D eigenvalue weighted by molar-refractivity contribution is -0.137. The van der Waals surface area contributed by atoms with Crippen LogP contribution in [0.25, 0.3) is 0 Å². The Morgan fingerprint density at radius 1 is 1.67 bits per heavy atom. The van der Waals surface area contributed by atoms with Crippen molar-refractivity contribution in [2.75, 3.05) is 6.61 Å². The number of rotatable bonds is 5. The van der Waals surface area contributed by atoms with E-state index in [1.54, 1.807) is 0 Å². The highest BCUT2D eigenvalue weighted by Crippen LogP contribution is 2.75. The minimum Gasteiger partial charge on any atom is -0.274 e. The van der Waals surface area contributed by atoms with Gasteiger partial charge in [-0.3, -0.25) is 9.63 Å². The first-order valence-corrected chi connectivity index (χ1v) is 4.72. The molecule has 2 saturated carbocycles. The Hall–Kier alpha value is -0.570. The van der Waals surface area contributed by atoms with Crippen LogP contribution >= 0.6 is 0 Å². The van der Waals surface area contributed by atoms with Crippen molar-refractivity contribution in [2.24, 2.45) is 11.3 Å². The zero-order valence-corrected chi connectivity index (χ0v) is 7.43. The molecule has 0 atom stereocenters. The standard InChI is InChI=1S/C9H15NO2/c1-2-3-4-12-10-8(11)9-5-7(9)6-9/h7H,2-6H2,1H3,(H,10,11). The minimum atomic E-state index is 0.0478. The number of hydroxylamine groups is 1. The number of nitrogens with one attached hydrogen (secondary N) is 1. The second-order valence-corrected chi connectivity index (χ2v) is 3.89. The molecular formula is C9H15NO2. The summed E-state index contributed by atoms with van der Waals surface area (Å²) in [6.07, 6.45) is 4.30. The molecule has 3 heteroatoms. The van der Waals surface area contributed by atoms with Crippen LogP contribution in [0.1, 0.15) is 32.6 Å². The summed E-state index contributed by atoms with van der Waals surface area (Å²) in [4.78, 5) is 16.3. The van der Waals surface area contributed by atoms with E-state index < -0.39 is 0 Å². The third-order valence-corrected chi connectivity index (χ3v) is 2.90. The van der Waals surface area contributed by atoms with Crippen molar-refractivity contribution in [3.63, 3.8) is 0 Å². The molecule has 68 valence electrons. The molecule has 2 fully saturated rings. The van der Waals surface area contributed by atoms with E-state index in [4.69, 9.17) is 4.84 Å². The van der Waals surface area contributed by atoms with Gasteiger partial charge in [-0.2, -0.15) is 0 Å². The fraction of sp³-hybridized carbons (Fsp3) is 0.889. The molecule has 0 aromatic heterocycles. The number of hydrogen-bond donors (Lipinski definition) is 1. The van der Waals surface area contributed by atoms with Gasteiger partial charge in [0.1, 0.15) is 0 Å². The number of hydrogen-bond acceptors (Lipinski definition) is 2. The topological polar surface area (TPSA) is 38.3 Å². The van der Waals surface area contributed by atoms with Gasteiger partial charge < -0.3 is 0 Å². The van der Waals surface area contributed by atoms with Gasteiger partial charge in [0.15, 0.2) is 0 Å². The van der Waals surface area contributed by atoms with Gasteiger partial charge in [-0.05, 0) is 25.2 Å². The predicted octanol–water partition coefficient (Wildman–Crippen LogP) is 1.24. The quantitative estimate of drug-likeness (QED) is 0.497. The Kier molecular flexibility index (Phi) is 1.83. The molecule has 0 radical (unpaired) electrons. The number of amides is 1. The molecule has 0 aromatic rings. The summed E-state index contributed by atoms with van der Waals surface area (Å²) in [7, 11) is 0. The van der Waals surface area contributed by atoms with Gasteiger partial charge in [0.25, 0.3) is 0 Å². The molecular weight excluding hydrogens is 154 g/mol. The highest BCUT2D eigenvalue weighted by atomic mass is 16.6. The second-order valence-electron chi connectivity index (χ2n) is 3.89. The summed E-state index contributed by atoms with van der Waals surface area (Å²) in [6.45, 7) is 2.74. The first-order chi connectivity index (χ1) is 5.79. The summed E-state index contributed by atoms with van der Waals surface area (Å²) in [5.41, 5.74) is 2.57. The molecule has 2 rings (SSSR count). The highest BCUT2D eigenvalue weighted by Gasteiger charge is 2.74. The summed E-state index contributed by atoms with van der Waals surface area (Å²) >= 11 is 0. The van der Waals surface area contributed by atoms with E-state index >= 15 is 0 Å². The Labute approximate surface area is 72.4 Å². The molecule has 12 heavy (non-hydrogen) atoms. The molecule has 0 aromatic carbocycles. The lowest BCUT2D eigenvalue weighted by atomic mass is 10.2. The molecule has 0 heterocycles. The summed E-state index contributed by atoms with van der Waals surface area (Å²) in [5.74, 6) is 0.816. The first kappa shape index (κ1) is 8.05. The zero-order chi connectivity index (χ0) is 8.60. The van der Waals surface area contributed by atoms with Crippen LogP contribution in [0.15, 0.2) is 0 Å². The third-order valence-electron chi connectivity index (χ3n) is 2.90. The van der Waals surface area contributed by atoms with Crippen LogP contribution in [-0.2, 0) is 9.63 Å². The first-order valence-electron chi connectivity index (χ1n) is 4.72. The van der Waals surface area contributed by atoms with Crippen LogP contribution in [0, 0.1) is 11.3 Å². The van der Waals surface area contributed by atoms with Gasteiger partial charge in [-0.15, -0.1) is 0 Å². The van der Waals surface area contributed by atoms with E-state index in [2.05, 4.69) is 12.4 Å². The maximum absolute atomic E-state index is 11.3. The Balaban J connectivity index is 1.58. The average molecular weight is 169 g/mol. The molecule has 1 N–H and O–H groups in total. The summed E-state index contributed by atoms with van der Waals surface area (Å²) in [6, 6.07) is 0. The maximum Gasteiger partial charge on any atom is 0.250 e. The second kappa shape index (κ2) is 2.73.